The molecule has 2 rings (SSSR count). The minimum atomic E-state index is -0.613. The summed E-state index contributed by atoms with van der Waals surface area (Å²) in [6, 6.07) is 3.70. The lowest BCUT2D eigenvalue weighted by molar-refractivity contribution is -0.135. The summed E-state index contributed by atoms with van der Waals surface area (Å²) in [4.78, 5) is 23.3. The second-order valence-electron chi connectivity index (χ2n) is 6.11. The summed E-state index contributed by atoms with van der Waals surface area (Å²) in [5.41, 5.74) is 1.66. The zero-order valence-electron chi connectivity index (χ0n) is 16.7. The van der Waals surface area contributed by atoms with Crippen molar-refractivity contribution in [3.05, 3.63) is 46.9 Å². The second-order valence-corrected chi connectivity index (χ2v) is 7.14. The van der Waals surface area contributed by atoms with Crippen LogP contribution in [0.5, 0.6) is 11.5 Å². The summed E-state index contributed by atoms with van der Waals surface area (Å²) >= 11 is 1.00. The SMILES string of the molecule is C=CCc1cc(C=N/N=C2/NC(=O)/C(=C\C(=O)OC)S2)cc(OC)c1OC(C)C. The van der Waals surface area contributed by atoms with Gasteiger partial charge in [0.05, 0.1) is 31.4 Å². The van der Waals surface area contributed by atoms with Crippen molar-refractivity contribution in [1.29, 1.82) is 0 Å². The number of carbonyl (C=O) groups excluding carboxylic acids is 2. The van der Waals surface area contributed by atoms with E-state index >= 15 is 0 Å². The Morgan fingerprint density at radius 1 is 1.34 bits per heavy atom. The standard InChI is InChI=1S/C20H23N3O5S/c1-6-7-14-8-13(9-15(26-4)18(14)28-12(2)3)11-21-23-20-22-19(25)16(29-20)10-17(24)27-5/h6,8-12H,1,7H2,2-5H3,(H,22,23,25)/b16-10+,21-11?. The number of rotatable bonds is 8. The molecule has 0 aliphatic carbocycles. The Balaban J connectivity index is 2.24. The number of methoxy groups -OCH3 is 2. The lowest BCUT2D eigenvalue weighted by atomic mass is 10.1. The molecule has 1 aliphatic heterocycles. The molecule has 9 heteroatoms. The van der Waals surface area contributed by atoms with E-state index in [1.807, 2.05) is 19.9 Å². The van der Waals surface area contributed by atoms with E-state index in [9.17, 15) is 9.59 Å². The molecular formula is C20H23N3O5S. The van der Waals surface area contributed by atoms with Gasteiger partial charge in [-0.15, -0.1) is 11.7 Å². The van der Waals surface area contributed by atoms with E-state index in [0.29, 0.717) is 17.9 Å². The Labute approximate surface area is 173 Å². The number of hydrogen-bond acceptors (Lipinski definition) is 8. The normalized spacial score (nSPS) is 16.5. The minimum absolute atomic E-state index is 0.00590. The Morgan fingerprint density at radius 3 is 2.72 bits per heavy atom. The highest BCUT2D eigenvalue weighted by molar-refractivity contribution is 8.18. The maximum absolute atomic E-state index is 11.8. The van der Waals surface area contributed by atoms with E-state index in [4.69, 9.17) is 9.47 Å². The third-order valence-corrected chi connectivity index (χ3v) is 4.45. The Bertz CT molecular complexity index is 890. The zero-order chi connectivity index (χ0) is 21.4. The van der Waals surface area contributed by atoms with Crippen LogP contribution in [0.3, 0.4) is 0 Å². The van der Waals surface area contributed by atoms with Crippen molar-refractivity contribution >= 4 is 35.0 Å². The van der Waals surface area contributed by atoms with Gasteiger partial charge in [0.15, 0.2) is 16.7 Å². The number of hydrogen-bond donors (Lipinski definition) is 1. The molecule has 0 radical (unpaired) electrons. The van der Waals surface area contributed by atoms with Crippen LogP contribution < -0.4 is 14.8 Å². The molecule has 1 amide bonds. The van der Waals surface area contributed by atoms with Crippen LogP contribution in [0.4, 0.5) is 0 Å². The highest BCUT2D eigenvalue weighted by Gasteiger charge is 2.25. The van der Waals surface area contributed by atoms with Gasteiger partial charge in [0, 0.05) is 11.6 Å². The number of allylic oxidation sites excluding steroid dienone is 1. The Kier molecular flexibility index (Phi) is 8.02. The number of amides is 1. The molecular weight excluding hydrogens is 394 g/mol. The van der Waals surface area contributed by atoms with Crippen LogP contribution in [0.1, 0.15) is 25.0 Å². The van der Waals surface area contributed by atoms with Crippen molar-refractivity contribution in [3.8, 4) is 11.5 Å². The molecule has 0 spiro atoms. The average molecular weight is 417 g/mol. The fourth-order valence-electron chi connectivity index (χ4n) is 2.38. The fourth-order valence-corrected chi connectivity index (χ4v) is 3.11. The topological polar surface area (TPSA) is 98.6 Å². The molecule has 0 unspecified atom stereocenters. The van der Waals surface area contributed by atoms with Gasteiger partial charge in [-0.25, -0.2) is 4.79 Å². The van der Waals surface area contributed by atoms with Gasteiger partial charge in [-0.2, -0.15) is 5.10 Å². The summed E-state index contributed by atoms with van der Waals surface area (Å²) in [7, 11) is 2.81. The van der Waals surface area contributed by atoms with E-state index in [0.717, 1.165) is 29.0 Å². The molecule has 1 saturated heterocycles. The second kappa shape index (κ2) is 10.5. The third kappa shape index (κ3) is 6.21. The molecule has 0 saturated carbocycles. The minimum Gasteiger partial charge on any atom is -0.493 e. The summed E-state index contributed by atoms with van der Waals surface area (Å²) in [6.07, 6.45) is 5.02. The van der Waals surface area contributed by atoms with Crippen molar-refractivity contribution in [2.75, 3.05) is 14.2 Å². The Morgan fingerprint density at radius 2 is 2.10 bits per heavy atom. The smallest absolute Gasteiger partial charge is 0.331 e. The predicted octanol–water partition coefficient (Wildman–Crippen LogP) is 2.82. The molecule has 1 aliphatic rings. The van der Waals surface area contributed by atoms with Gasteiger partial charge in [0.2, 0.25) is 0 Å². The first-order valence-corrected chi connectivity index (χ1v) is 9.57. The van der Waals surface area contributed by atoms with E-state index < -0.39 is 11.9 Å². The predicted molar refractivity (Wildman–Crippen MR) is 114 cm³/mol. The lowest BCUT2D eigenvalue weighted by Crippen LogP contribution is -2.19. The summed E-state index contributed by atoms with van der Waals surface area (Å²) in [6.45, 7) is 7.67. The van der Waals surface area contributed by atoms with Crippen LogP contribution in [-0.4, -0.2) is 43.6 Å². The first-order valence-electron chi connectivity index (χ1n) is 8.76. The largest absolute Gasteiger partial charge is 0.493 e. The molecule has 1 heterocycles. The third-order valence-electron chi connectivity index (χ3n) is 3.55. The van der Waals surface area contributed by atoms with Crippen molar-refractivity contribution in [1.82, 2.24) is 5.32 Å². The maximum Gasteiger partial charge on any atom is 0.331 e. The Hall–Kier alpha value is -3.07. The van der Waals surface area contributed by atoms with Crippen LogP contribution in [0.25, 0.3) is 0 Å². The quantitative estimate of drug-likeness (QED) is 0.230. The van der Waals surface area contributed by atoms with E-state index in [1.54, 1.807) is 19.3 Å². The monoisotopic (exact) mass is 417 g/mol. The highest BCUT2D eigenvalue weighted by atomic mass is 32.2. The molecule has 0 aromatic heterocycles. The molecule has 8 nitrogen and oxygen atoms in total. The van der Waals surface area contributed by atoms with E-state index in [-0.39, 0.29) is 16.2 Å². The molecule has 1 aromatic rings. The number of benzene rings is 1. The first-order chi connectivity index (χ1) is 13.9. The lowest BCUT2D eigenvalue weighted by Gasteiger charge is -2.17. The first kappa shape index (κ1) is 22.2. The van der Waals surface area contributed by atoms with Crippen molar-refractivity contribution in [3.63, 3.8) is 0 Å². The van der Waals surface area contributed by atoms with Crippen molar-refractivity contribution in [2.24, 2.45) is 10.2 Å². The molecule has 1 fully saturated rings. The molecule has 1 N–H and O–H groups in total. The molecule has 0 bridgehead atoms. The fraction of sp³-hybridized carbons (Fsp3) is 0.300. The van der Waals surface area contributed by atoms with Crippen LogP contribution in [0.2, 0.25) is 0 Å². The average Bonchev–Trinajstić information content (AvgIpc) is 3.02. The van der Waals surface area contributed by atoms with E-state index in [1.165, 1.54) is 13.3 Å². The van der Waals surface area contributed by atoms with Crippen molar-refractivity contribution in [2.45, 2.75) is 26.4 Å². The summed E-state index contributed by atoms with van der Waals surface area (Å²) < 4.78 is 15.9. The molecule has 0 atom stereocenters. The number of esters is 1. The molecule has 1 aromatic carbocycles. The van der Waals surface area contributed by atoms with Gasteiger partial charge in [-0.3, -0.25) is 10.1 Å². The van der Waals surface area contributed by atoms with Gasteiger partial charge < -0.3 is 14.2 Å². The number of nitrogens with zero attached hydrogens (tertiary/aromatic N) is 2. The van der Waals surface area contributed by atoms with Gasteiger partial charge in [-0.1, -0.05) is 6.08 Å². The summed E-state index contributed by atoms with van der Waals surface area (Å²) in [5.74, 6) is 0.207. The summed E-state index contributed by atoms with van der Waals surface area (Å²) in [5, 5.41) is 10.8. The van der Waals surface area contributed by atoms with E-state index in [2.05, 4.69) is 26.8 Å². The number of nitrogens with one attached hydrogen (secondary N) is 1. The van der Waals surface area contributed by atoms with Gasteiger partial charge in [-0.05, 0) is 49.7 Å². The number of ether oxygens (including phenoxy) is 3. The molecule has 29 heavy (non-hydrogen) atoms. The number of carbonyl (C=O) groups is 2. The van der Waals surface area contributed by atoms with Crippen LogP contribution in [0.15, 0.2) is 46.0 Å². The van der Waals surface area contributed by atoms with Gasteiger partial charge >= 0.3 is 5.97 Å². The van der Waals surface area contributed by atoms with Gasteiger partial charge in [0.1, 0.15) is 0 Å². The van der Waals surface area contributed by atoms with Gasteiger partial charge in [0.25, 0.3) is 5.91 Å². The van der Waals surface area contributed by atoms with Crippen LogP contribution >= 0.6 is 11.8 Å². The zero-order valence-corrected chi connectivity index (χ0v) is 17.5. The van der Waals surface area contributed by atoms with Crippen molar-refractivity contribution < 1.29 is 23.8 Å². The number of amidine groups is 1. The molecule has 154 valence electrons. The highest BCUT2D eigenvalue weighted by Crippen LogP contribution is 2.34. The van der Waals surface area contributed by atoms with Crippen LogP contribution in [-0.2, 0) is 20.7 Å². The number of thioether (sulfide) groups is 1. The maximum atomic E-state index is 11.8. The van der Waals surface area contributed by atoms with Crippen LogP contribution in [0, 0.1) is 0 Å².